The van der Waals surface area contributed by atoms with Crippen molar-refractivity contribution in [1.29, 1.82) is 0 Å². The molecule has 1 aromatic rings. The van der Waals surface area contributed by atoms with E-state index in [1.165, 1.54) is 0 Å². The Labute approximate surface area is 82.6 Å². The molecule has 0 bridgehead atoms. The average Bonchev–Trinajstić information content (AvgIpc) is 2.65. The van der Waals surface area contributed by atoms with Crippen molar-refractivity contribution in [3.05, 3.63) is 22.4 Å². The van der Waals surface area contributed by atoms with E-state index in [1.54, 1.807) is 18.3 Å². The van der Waals surface area contributed by atoms with E-state index < -0.39 is 6.10 Å². The van der Waals surface area contributed by atoms with Gasteiger partial charge in [0, 0.05) is 6.54 Å². The van der Waals surface area contributed by atoms with Gasteiger partial charge in [0.05, 0.1) is 12.6 Å². The van der Waals surface area contributed by atoms with Crippen molar-refractivity contribution < 1.29 is 5.11 Å². The average molecular weight is 195 g/mol. The van der Waals surface area contributed by atoms with E-state index >= 15 is 0 Å². The highest BCUT2D eigenvalue weighted by atomic mass is 32.1. The molecule has 0 aliphatic heterocycles. The maximum Gasteiger partial charge on any atom is 0.0922 e. The number of nitrogens with one attached hydrogen (secondary N) is 1. The second-order valence-corrected chi connectivity index (χ2v) is 3.41. The maximum absolute atomic E-state index is 9.60. The molecule has 0 radical (unpaired) electrons. The van der Waals surface area contributed by atoms with Crippen LogP contribution in [0, 0.1) is 11.8 Å². The molecule has 2 nitrogen and oxygen atoms in total. The Bertz CT molecular complexity index is 284. The van der Waals surface area contributed by atoms with Crippen molar-refractivity contribution in [2.45, 2.75) is 13.0 Å². The summed E-state index contributed by atoms with van der Waals surface area (Å²) in [7, 11) is 0. The molecule has 1 rings (SSSR count). The molecule has 0 aliphatic carbocycles. The summed E-state index contributed by atoms with van der Waals surface area (Å²) in [5, 5.41) is 16.6. The highest BCUT2D eigenvalue weighted by Crippen LogP contribution is 2.14. The summed E-state index contributed by atoms with van der Waals surface area (Å²) < 4.78 is 0. The van der Waals surface area contributed by atoms with Crippen LogP contribution in [0.3, 0.4) is 0 Å². The highest BCUT2D eigenvalue weighted by Gasteiger charge is 2.05. The summed E-state index contributed by atoms with van der Waals surface area (Å²) in [5.41, 5.74) is 0.974. The highest BCUT2D eigenvalue weighted by molar-refractivity contribution is 7.07. The molecule has 0 fully saturated rings. The molecule has 1 unspecified atom stereocenters. The van der Waals surface area contributed by atoms with Crippen LogP contribution in [0.25, 0.3) is 0 Å². The third-order valence-electron chi connectivity index (χ3n) is 1.66. The van der Waals surface area contributed by atoms with Gasteiger partial charge in [0.2, 0.25) is 0 Å². The Morgan fingerprint density at radius 1 is 1.69 bits per heavy atom. The minimum atomic E-state index is -0.412. The van der Waals surface area contributed by atoms with Crippen LogP contribution >= 0.6 is 11.3 Å². The number of rotatable bonds is 4. The topological polar surface area (TPSA) is 32.3 Å². The van der Waals surface area contributed by atoms with Crippen LogP contribution in [0.4, 0.5) is 0 Å². The lowest BCUT2D eigenvalue weighted by Crippen LogP contribution is -2.21. The summed E-state index contributed by atoms with van der Waals surface area (Å²) in [6, 6.07) is 1.93. The molecule has 13 heavy (non-hydrogen) atoms. The van der Waals surface area contributed by atoms with Crippen molar-refractivity contribution in [2.24, 2.45) is 0 Å². The van der Waals surface area contributed by atoms with Crippen LogP contribution in [0.15, 0.2) is 16.8 Å². The first-order valence-corrected chi connectivity index (χ1v) is 5.09. The van der Waals surface area contributed by atoms with E-state index in [0.29, 0.717) is 13.1 Å². The third kappa shape index (κ3) is 3.60. The first-order valence-electron chi connectivity index (χ1n) is 4.15. The summed E-state index contributed by atoms with van der Waals surface area (Å²) in [6.45, 7) is 3.00. The van der Waals surface area contributed by atoms with Gasteiger partial charge in [0.25, 0.3) is 0 Å². The fourth-order valence-electron chi connectivity index (χ4n) is 0.942. The van der Waals surface area contributed by atoms with Crippen molar-refractivity contribution in [1.82, 2.24) is 5.32 Å². The lowest BCUT2D eigenvalue weighted by atomic mass is 10.2. The molecule has 0 amide bonds. The third-order valence-corrected chi connectivity index (χ3v) is 2.36. The predicted molar refractivity (Wildman–Crippen MR) is 55.6 cm³/mol. The normalized spacial score (nSPS) is 11.8. The minimum Gasteiger partial charge on any atom is -0.387 e. The molecule has 0 aromatic carbocycles. The van der Waals surface area contributed by atoms with E-state index in [1.807, 2.05) is 16.8 Å². The number of hydrogen-bond donors (Lipinski definition) is 2. The first-order chi connectivity index (χ1) is 6.34. The number of hydrogen-bond acceptors (Lipinski definition) is 3. The Morgan fingerprint density at radius 3 is 3.15 bits per heavy atom. The molecular formula is C10H13NOS. The second-order valence-electron chi connectivity index (χ2n) is 2.63. The van der Waals surface area contributed by atoms with Crippen LogP contribution in [0.5, 0.6) is 0 Å². The summed E-state index contributed by atoms with van der Waals surface area (Å²) in [6.07, 6.45) is -0.412. The molecule has 3 heteroatoms. The molecule has 0 aliphatic rings. The Balaban J connectivity index is 2.25. The summed E-state index contributed by atoms with van der Waals surface area (Å²) in [4.78, 5) is 0. The van der Waals surface area contributed by atoms with E-state index in [0.717, 1.165) is 5.56 Å². The predicted octanol–water partition coefficient (Wildman–Crippen LogP) is 1.39. The van der Waals surface area contributed by atoms with E-state index in [-0.39, 0.29) is 0 Å². The Kier molecular flexibility index (Phi) is 4.55. The van der Waals surface area contributed by atoms with E-state index in [9.17, 15) is 5.11 Å². The second kappa shape index (κ2) is 5.76. The van der Waals surface area contributed by atoms with Gasteiger partial charge in [-0.3, -0.25) is 0 Å². The van der Waals surface area contributed by atoms with Gasteiger partial charge in [-0.2, -0.15) is 11.3 Å². The fraction of sp³-hybridized carbons (Fsp3) is 0.400. The zero-order chi connectivity index (χ0) is 9.52. The van der Waals surface area contributed by atoms with Gasteiger partial charge in [-0.15, -0.1) is 5.92 Å². The monoisotopic (exact) mass is 195 g/mol. The molecule has 0 spiro atoms. The van der Waals surface area contributed by atoms with Crippen molar-refractivity contribution in [3.63, 3.8) is 0 Å². The Hall–Kier alpha value is -0.820. The standard InChI is InChI=1S/C10H13NOS/c1-2-3-5-11-7-10(12)9-4-6-13-8-9/h4,6,8,10-12H,5,7H2,1H3. The largest absolute Gasteiger partial charge is 0.387 e. The number of aliphatic hydroxyl groups is 1. The van der Waals surface area contributed by atoms with Gasteiger partial charge in [-0.1, -0.05) is 5.92 Å². The van der Waals surface area contributed by atoms with Crippen LogP contribution in [-0.2, 0) is 0 Å². The SMILES string of the molecule is CC#CCNCC(O)c1ccsc1. The maximum atomic E-state index is 9.60. The van der Waals surface area contributed by atoms with Gasteiger partial charge in [0.15, 0.2) is 0 Å². The van der Waals surface area contributed by atoms with E-state index in [4.69, 9.17) is 0 Å². The molecule has 0 saturated carbocycles. The van der Waals surface area contributed by atoms with Crippen LogP contribution in [0.1, 0.15) is 18.6 Å². The minimum absolute atomic E-state index is 0.412. The van der Waals surface area contributed by atoms with Crippen LogP contribution in [0.2, 0.25) is 0 Å². The molecule has 2 N–H and O–H groups in total. The van der Waals surface area contributed by atoms with Gasteiger partial charge in [0.1, 0.15) is 0 Å². The van der Waals surface area contributed by atoms with Crippen molar-refractivity contribution in [2.75, 3.05) is 13.1 Å². The number of aliphatic hydroxyl groups excluding tert-OH is 1. The smallest absolute Gasteiger partial charge is 0.0922 e. The first kappa shape index (κ1) is 10.3. The van der Waals surface area contributed by atoms with Gasteiger partial charge >= 0.3 is 0 Å². The molecule has 0 saturated heterocycles. The molecular weight excluding hydrogens is 182 g/mol. The van der Waals surface area contributed by atoms with Gasteiger partial charge in [-0.05, 0) is 29.3 Å². The lowest BCUT2D eigenvalue weighted by Gasteiger charge is -2.07. The summed E-state index contributed by atoms with van der Waals surface area (Å²) in [5.74, 6) is 5.66. The van der Waals surface area contributed by atoms with Crippen molar-refractivity contribution >= 4 is 11.3 Å². The zero-order valence-corrected chi connectivity index (χ0v) is 8.40. The number of thiophene rings is 1. The molecule has 1 heterocycles. The fourth-order valence-corrected chi connectivity index (χ4v) is 1.65. The van der Waals surface area contributed by atoms with Crippen LogP contribution < -0.4 is 5.32 Å². The van der Waals surface area contributed by atoms with Gasteiger partial charge in [-0.25, -0.2) is 0 Å². The lowest BCUT2D eigenvalue weighted by molar-refractivity contribution is 0.177. The molecule has 70 valence electrons. The Morgan fingerprint density at radius 2 is 2.54 bits per heavy atom. The van der Waals surface area contributed by atoms with Crippen molar-refractivity contribution in [3.8, 4) is 11.8 Å². The summed E-state index contributed by atoms with van der Waals surface area (Å²) >= 11 is 1.60. The van der Waals surface area contributed by atoms with Gasteiger partial charge < -0.3 is 10.4 Å². The molecule has 1 aromatic heterocycles. The zero-order valence-electron chi connectivity index (χ0n) is 7.58. The van der Waals surface area contributed by atoms with E-state index in [2.05, 4.69) is 17.2 Å². The quantitative estimate of drug-likeness (QED) is 0.562. The molecule has 1 atom stereocenters. The van der Waals surface area contributed by atoms with Crippen LogP contribution in [-0.4, -0.2) is 18.2 Å².